The zero-order valence-corrected chi connectivity index (χ0v) is 8.12. The summed E-state index contributed by atoms with van der Waals surface area (Å²) < 4.78 is 13.2. The lowest BCUT2D eigenvalue weighted by Gasteiger charge is -2.15. The number of carboxylic acids is 1. The molecule has 0 aromatic carbocycles. The average molecular weight is 219 g/mol. The molecule has 1 N–H and O–H groups in total. The fourth-order valence-electron chi connectivity index (χ4n) is 0.966. The van der Waals surface area contributed by atoms with Crippen LogP contribution in [0.3, 0.4) is 0 Å². The lowest BCUT2D eigenvalue weighted by atomic mass is 10.4. The summed E-state index contributed by atoms with van der Waals surface area (Å²) in [5.74, 6) is -1.72. The summed E-state index contributed by atoms with van der Waals surface area (Å²) in [7, 11) is 1.44. The maximum atomic E-state index is 13.2. The number of halogens is 2. The number of hydrogen-bond acceptors (Lipinski definition) is 3. The van der Waals surface area contributed by atoms with Crippen molar-refractivity contribution in [3.05, 3.63) is 23.1 Å². The summed E-state index contributed by atoms with van der Waals surface area (Å²) in [6, 6.07) is 1.09. The van der Waals surface area contributed by atoms with Gasteiger partial charge in [-0.25, -0.2) is 9.37 Å². The van der Waals surface area contributed by atoms with E-state index in [1.54, 1.807) is 0 Å². The second-order valence-electron chi connectivity index (χ2n) is 2.71. The van der Waals surface area contributed by atoms with Crippen molar-refractivity contribution in [1.82, 2.24) is 4.98 Å². The van der Waals surface area contributed by atoms with Gasteiger partial charge in [-0.05, 0) is 6.07 Å². The maximum absolute atomic E-state index is 13.2. The molecule has 6 heteroatoms. The summed E-state index contributed by atoms with van der Waals surface area (Å²) in [6.45, 7) is -0.314. The summed E-state index contributed by atoms with van der Waals surface area (Å²) >= 11 is 5.49. The van der Waals surface area contributed by atoms with E-state index in [0.717, 1.165) is 6.07 Å². The molecular weight excluding hydrogens is 211 g/mol. The van der Waals surface area contributed by atoms with Gasteiger partial charge in [0.25, 0.3) is 0 Å². The van der Waals surface area contributed by atoms with Crippen molar-refractivity contribution >= 4 is 23.4 Å². The van der Waals surface area contributed by atoms with Gasteiger partial charge in [0.2, 0.25) is 0 Å². The van der Waals surface area contributed by atoms with Crippen molar-refractivity contribution in [2.24, 2.45) is 0 Å². The number of pyridine rings is 1. The smallest absolute Gasteiger partial charge is 0.323 e. The standard InChI is InChI=1S/C8H8ClFN2O2/c1-12(4-7(13)14)8-6(10)2-5(9)3-11-8/h2-3H,4H2,1H3,(H,13,14). The first-order chi connectivity index (χ1) is 6.50. The Morgan fingerprint density at radius 3 is 2.93 bits per heavy atom. The van der Waals surface area contributed by atoms with Gasteiger partial charge in [0, 0.05) is 13.2 Å². The number of anilines is 1. The molecule has 0 aliphatic carbocycles. The van der Waals surface area contributed by atoms with E-state index in [9.17, 15) is 9.18 Å². The number of likely N-dealkylation sites (N-methyl/N-ethyl adjacent to an activating group) is 1. The molecule has 0 atom stereocenters. The van der Waals surface area contributed by atoms with Crippen molar-refractivity contribution in [3.63, 3.8) is 0 Å². The van der Waals surface area contributed by atoms with Gasteiger partial charge in [-0.3, -0.25) is 4.79 Å². The SMILES string of the molecule is CN(CC(=O)O)c1ncc(Cl)cc1F. The molecule has 0 spiro atoms. The minimum absolute atomic E-state index is 0.0307. The van der Waals surface area contributed by atoms with Gasteiger partial charge in [-0.15, -0.1) is 0 Å². The van der Waals surface area contributed by atoms with Gasteiger partial charge in [-0.1, -0.05) is 11.6 Å². The van der Waals surface area contributed by atoms with Gasteiger partial charge in [0.15, 0.2) is 11.6 Å². The molecule has 1 heterocycles. The molecule has 1 rings (SSSR count). The molecule has 0 bridgehead atoms. The number of carboxylic acid groups (broad SMARTS) is 1. The van der Waals surface area contributed by atoms with Crippen LogP contribution in [0.2, 0.25) is 5.02 Å². The van der Waals surface area contributed by atoms with Gasteiger partial charge in [0.05, 0.1) is 5.02 Å². The first kappa shape index (κ1) is 10.7. The number of nitrogens with zero attached hydrogens (tertiary/aromatic N) is 2. The third-order valence-corrected chi connectivity index (χ3v) is 1.73. The quantitative estimate of drug-likeness (QED) is 0.833. The van der Waals surface area contributed by atoms with E-state index < -0.39 is 11.8 Å². The Kier molecular flexibility index (Phi) is 3.24. The number of hydrogen-bond donors (Lipinski definition) is 1. The predicted octanol–water partition coefficient (Wildman–Crippen LogP) is 1.39. The summed E-state index contributed by atoms with van der Waals surface area (Å²) in [4.78, 5) is 15.2. The van der Waals surface area contributed by atoms with Crippen molar-refractivity contribution in [1.29, 1.82) is 0 Å². The average Bonchev–Trinajstić information content (AvgIpc) is 2.01. The van der Waals surface area contributed by atoms with Crippen molar-refractivity contribution < 1.29 is 14.3 Å². The number of aromatic nitrogens is 1. The molecule has 0 aliphatic heterocycles. The van der Waals surface area contributed by atoms with Crippen LogP contribution in [0.5, 0.6) is 0 Å². The number of aliphatic carboxylic acids is 1. The maximum Gasteiger partial charge on any atom is 0.323 e. The van der Waals surface area contributed by atoms with Crippen LogP contribution in [0.15, 0.2) is 12.3 Å². The molecule has 14 heavy (non-hydrogen) atoms. The Labute approximate surface area is 84.9 Å². The molecule has 1 aromatic heterocycles. The molecule has 76 valence electrons. The number of carbonyl (C=O) groups is 1. The van der Waals surface area contributed by atoms with Crippen molar-refractivity contribution in [2.45, 2.75) is 0 Å². The minimum atomic E-state index is -1.05. The Morgan fingerprint density at radius 1 is 1.79 bits per heavy atom. The van der Waals surface area contributed by atoms with Crippen LogP contribution >= 0.6 is 11.6 Å². The summed E-state index contributed by atoms with van der Waals surface area (Å²) in [6.07, 6.45) is 1.26. The molecule has 4 nitrogen and oxygen atoms in total. The van der Waals surface area contributed by atoms with Crippen LogP contribution in [0.4, 0.5) is 10.2 Å². The second-order valence-corrected chi connectivity index (χ2v) is 3.15. The monoisotopic (exact) mass is 218 g/mol. The molecule has 0 aliphatic rings. The highest BCUT2D eigenvalue weighted by molar-refractivity contribution is 6.30. The van der Waals surface area contributed by atoms with Gasteiger partial charge < -0.3 is 10.0 Å². The lowest BCUT2D eigenvalue weighted by Crippen LogP contribution is -2.26. The molecule has 1 aromatic rings. The highest BCUT2D eigenvalue weighted by atomic mass is 35.5. The molecule has 0 saturated heterocycles. The van der Waals surface area contributed by atoms with E-state index in [2.05, 4.69) is 4.98 Å². The van der Waals surface area contributed by atoms with Gasteiger partial charge in [-0.2, -0.15) is 0 Å². The van der Waals surface area contributed by atoms with Crippen LogP contribution in [0, 0.1) is 5.82 Å². The number of rotatable bonds is 3. The van der Waals surface area contributed by atoms with Gasteiger partial charge in [0.1, 0.15) is 6.54 Å². The fourth-order valence-corrected chi connectivity index (χ4v) is 1.11. The van der Waals surface area contributed by atoms with E-state index in [-0.39, 0.29) is 17.4 Å². The Balaban J connectivity index is 2.90. The van der Waals surface area contributed by atoms with Crippen molar-refractivity contribution in [2.75, 3.05) is 18.5 Å². The highest BCUT2D eigenvalue weighted by Crippen LogP contribution is 2.17. The fraction of sp³-hybridized carbons (Fsp3) is 0.250. The van der Waals surface area contributed by atoms with E-state index in [1.807, 2.05) is 0 Å². The molecule has 0 saturated carbocycles. The van der Waals surface area contributed by atoms with E-state index in [4.69, 9.17) is 16.7 Å². The van der Waals surface area contributed by atoms with Crippen LogP contribution in [0.1, 0.15) is 0 Å². The summed E-state index contributed by atoms with van der Waals surface area (Å²) in [5.41, 5.74) is 0. The van der Waals surface area contributed by atoms with E-state index in [0.29, 0.717) is 0 Å². The largest absolute Gasteiger partial charge is 0.480 e. The lowest BCUT2D eigenvalue weighted by molar-refractivity contribution is -0.135. The van der Waals surface area contributed by atoms with Gasteiger partial charge >= 0.3 is 5.97 Å². The third-order valence-electron chi connectivity index (χ3n) is 1.52. The summed E-state index contributed by atoms with van der Waals surface area (Å²) in [5, 5.41) is 8.65. The normalized spacial score (nSPS) is 9.93. The molecule has 0 amide bonds. The van der Waals surface area contributed by atoms with Crippen molar-refractivity contribution in [3.8, 4) is 0 Å². The topological polar surface area (TPSA) is 53.4 Å². The zero-order chi connectivity index (χ0) is 10.7. The molecule has 0 radical (unpaired) electrons. The molecular formula is C8H8ClFN2O2. The van der Waals surface area contributed by atoms with Crippen LogP contribution in [-0.2, 0) is 4.79 Å². The van der Waals surface area contributed by atoms with Crippen LogP contribution in [0.25, 0.3) is 0 Å². The Morgan fingerprint density at radius 2 is 2.43 bits per heavy atom. The predicted molar refractivity (Wildman–Crippen MR) is 50.1 cm³/mol. The molecule has 0 unspecified atom stereocenters. The van der Waals surface area contributed by atoms with Crippen LogP contribution < -0.4 is 4.90 Å². The first-order valence-electron chi connectivity index (χ1n) is 3.74. The highest BCUT2D eigenvalue weighted by Gasteiger charge is 2.12. The van der Waals surface area contributed by atoms with Crippen LogP contribution in [-0.4, -0.2) is 29.7 Å². The molecule has 0 fully saturated rings. The van der Waals surface area contributed by atoms with E-state index >= 15 is 0 Å². The third kappa shape index (κ3) is 2.56. The Bertz CT molecular complexity index is 359. The zero-order valence-electron chi connectivity index (χ0n) is 7.37. The Hall–Kier alpha value is -1.36. The second kappa shape index (κ2) is 4.23. The van der Waals surface area contributed by atoms with E-state index in [1.165, 1.54) is 18.1 Å². The first-order valence-corrected chi connectivity index (χ1v) is 4.12. The minimum Gasteiger partial charge on any atom is -0.480 e.